The molecule has 0 N–H and O–H groups in total. The monoisotopic (exact) mass is 614 g/mol. The first-order valence-electron chi connectivity index (χ1n) is 16.0. The maximum absolute atomic E-state index is 4.95. The van der Waals surface area contributed by atoms with Crippen molar-refractivity contribution in [2.45, 2.75) is 0 Å². The van der Waals surface area contributed by atoms with E-state index in [4.69, 9.17) is 15.0 Å². The molecule has 0 saturated heterocycles. The van der Waals surface area contributed by atoms with E-state index in [1.54, 1.807) is 12.4 Å². The molecule has 0 saturated carbocycles. The van der Waals surface area contributed by atoms with E-state index in [9.17, 15) is 0 Å². The first-order valence-corrected chi connectivity index (χ1v) is 16.0. The van der Waals surface area contributed by atoms with Gasteiger partial charge in [0.2, 0.25) is 0 Å². The highest BCUT2D eigenvalue weighted by molar-refractivity contribution is 6.95. The summed E-state index contributed by atoms with van der Waals surface area (Å²) in [6, 6.07) is 46.0. The molecule has 48 heavy (non-hydrogen) atoms. The average molecular weight is 615 g/mol. The summed E-state index contributed by atoms with van der Waals surface area (Å²) in [5.41, 5.74) is 11.8. The predicted octanol–water partition coefficient (Wildman–Crippen LogP) is 8.17. The lowest BCUT2D eigenvalue weighted by molar-refractivity contribution is 1.05. The second kappa shape index (κ2) is 11.7. The number of para-hydroxylation sites is 1. The molecule has 0 amide bonds. The van der Waals surface area contributed by atoms with Crippen LogP contribution in [0, 0.1) is 0 Å². The number of aromatic nitrogens is 5. The number of rotatable bonds is 5. The van der Waals surface area contributed by atoms with E-state index in [-0.39, 0.29) is 6.85 Å². The summed E-state index contributed by atoms with van der Waals surface area (Å²) in [5.74, 6) is 1.56. The molecule has 7 aromatic rings. The second-order valence-electron chi connectivity index (χ2n) is 11.7. The zero-order valence-electron chi connectivity index (χ0n) is 25.8. The third-order valence-corrected chi connectivity index (χ3v) is 8.92. The molecule has 2 aliphatic heterocycles. The summed E-state index contributed by atoms with van der Waals surface area (Å²) in [5, 5.41) is 0. The first-order chi connectivity index (χ1) is 23.8. The lowest BCUT2D eigenvalue weighted by Crippen LogP contribution is -2.51. The summed E-state index contributed by atoms with van der Waals surface area (Å²) >= 11 is 0. The van der Waals surface area contributed by atoms with Crippen molar-refractivity contribution in [1.29, 1.82) is 0 Å². The Morgan fingerprint density at radius 3 is 1.85 bits per heavy atom. The maximum atomic E-state index is 4.95. The minimum absolute atomic E-state index is 0.0121. The SMILES string of the molecule is C1=CN2B(C(c3ccc(-c4nc(-c5ccccn5)nc(-c5ccccn5)n4)cc3-c3ccccc3)=C1)c1ccccc1-c1ccccc12. The number of hydrogen-bond acceptors (Lipinski definition) is 6. The Balaban J connectivity index is 1.23. The number of hydrogen-bond donors (Lipinski definition) is 0. The van der Waals surface area contributed by atoms with Gasteiger partial charge in [-0.05, 0) is 81.9 Å². The van der Waals surface area contributed by atoms with Crippen LogP contribution in [-0.4, -0.2) is 31.8 Å². The van der Waals surface area contributed by atoms with Crippen molar-refractivity contribution in [3.63, 3.8) is 0 Å². The average Bonchev–Trinajstić information content (AvgIpc) is 3.18. The Bertz CT molecular complexity index is 2300. The highest BCUT2D eigenvalue weighted by atomic mass is 15.1. The van der Waals surface area contributed by atoms with Crippen LogP contribution in [0.25, 0.3) is 62.2 Å². The second-order valence-corrected chi connectivity index (χ2v) is 11.7. The molecule has 7 heteroatoms. The summed E-state index contributed by atoms with van der Waals surface area (Å²) in [4.78, 5) is 26.2. The van der Waals surface area contributed by atoms with E-state index >= 15 is 0 Å². The topological polar surface area (TPSA) is 67.7 Å². The van der Waals surface area contributed by atoms with Crippen LogP contribution < -0.4 is 10.3 Å². The Labute approximate surface area is 279 Å². The molecule has 0 aliphatic carbocycles. The molecular weight excluding hydrogens is 587 g/mol. The third kappa shape index (κ3) is 4.80. The van der Waals surface area contributed by atoms with Gasteiger partial charge in [-0.2, -0.15) is 0 Å². The molecule has 9 rings (SSSR count). The minimum Gasteiger partial charge on any atom is -0.383 e. The Morgan fingerprint density at radius 1 is 0.479 bits per heavy atom. The van der Waals surface area contributed by atoms with Crippen LogP contribution in [0.4, 0.5) is 5.69 Å². The van der Waals surface area contributed by atoms with Gasteiger partial charge in [0.1, 0.15) is 11.4 Å². The Kier molecular flexibility index (Phi) is 6.79. The van der Waals surface area contributed by atoms with Gasteiger partial charge in [0.05, 0.1) is 0 Å². The summed E-state index contributed by atoms with van der Waals surface area (Å²) in [6.07, 6.45) is 10.1. The molecule has 0 unspecified atom stereocenters. The molecule has 0 atom stereocenters. The number of anilines is 1. The summed E-state index contributed by atoms with van der Waals surface area (Å²) < 4.78 is 0. The van der Waals surface area contributed by atoms with Crippen LogP contribution in [0.1, 0.15) is 5.56 Å². The molecule has 0 fully saturated rings. The van der Waals surface area contributed by atoms with Crippen molar-refractivity contribution < 1.29 is 0 Å². The van der Waals surface area contributed by atoms with Gasteiger partial charge >= 0.3 is 6.85 Å². The highest BCUT2D eigenvalue weighted by Gasteiger charge is 2.38. The van der Waals surface area contributed by atoms with Gasteiger partial charge in [-0.1, -0.05) is 103 Å². The fraction of sp³-hybridized carbons (Fsp3) is 0. The van der Waals surface area contributed by atoms with Crippen LogP contribution in [0.3, 0.4) is 0 Å². The van der Waals surface area contributed by atoms with Gasteiger partial charge in [0.25, 0.3) is 0 Å². The first kappa shape index (κ1) is 27.8. The number of pyridine rings is 2. The molecule has 2 aliphatic rings. The van der Waals surface area contributed by atoms with Gasteiger partial charge in [-0.25, -0.2) is 15.0 Å². The predicted molar refractivity (Wildman–Crippen MR) is 194 cm³/mol. The van der Waals surface area contributed by atoms with E-state index in [0.29, 0.717) is 28.9 Å². The molecular formula is C41H27BN6. The number of fused-ring (bicyclic) bond motifs is 6. The van der Waals surface area contributed by atoms with Crippen LogP contribution in [-0.2, 0) is 0 Å². The van der Waals surface area contributed by atoms with Gasteiger partial charge in [0, 0.05) is 29.2 Å². The Hall–Kier alpha value is -6.47. The third-order valence-electron chi connectivity index (χ3n) is 8.92. The van der Waals surface area contributed by atoms with E-state index in [0.717, 1.165) is 22.3 Å². The zero-order valence-corrected chi connectivity index (χ0v) is 25.8. The van der Waals surface area contributed by atoms with Crippen LogP contribution >= 0.6 is 0 Å². The smallest absolute Gasteiger partial charge is 0.328 e. The van der Waals surface area contributed by atoms with Crippen LogP contribution in [0.15, 0.2) is 164 Å². The lowest BCUT2D eigenvalue weighted by atomic mass is 9.43. The molecule has 0 spiro atoms. The standard InChI is InChI=1S/C41H27BN6/c1-2-13-28(14-3-1)33-27-29(39-45-40(36-19-8-10-24-43-36)47-41(46-39)37-20-9-11-25-44-37)22-23-31(33)35-18-12-26-48-38-21-7-5-16-32(38)30-15-4-6-17-34(30)42(35)48/h1-27H. The van der Waals surface area contributed by atoms with Crippen molar-refractivity contribution in [2.75, 3.05) is 4.81 Å². The highest BCUT2D eigenvalue weighted by Crippen LogP contribution is 2.42. The molecule has 0 bridgehead atoms. The summed E-state index contributed by atoms with van der Waals surface area (Å²) in [6.45, 7) is 0.0121. The van der Waals surface area contributed by atoms with Gasteiger partial charge in [-0.15, -0.1) is 0 Å². The molecule has 4 aromatic carbocycles. The fourth-order valence-corrected chi connectivity index (χ4v) is 6.76. The maximum Gasteiger partial charge on any atom is 0.328 e. The normalized spacial score (nSPS) is 13.0. The van der Waals surface area contributed by atoms with E-state index < -0.39 is 0 Å². The van der Waals surface area contributed by atoms with Crippen LogP contribution in [0.2, 0.25) is 0 Å². The Morgan fingerprint density at radius 2 is 1.12 bits per heavy atom. The minimum atomic E-state index is 0.0121. The van der Waals surface area contributed by atoms with Gasteiger partial charge < -0.3 is 4.81 Å². The molecule has 224 valence electrons. The molecule has 3 aromatic heterocycles. The quantitative estimate of drug-likeness (QED) is 0.182. The van der Waals surface area contributed by atoms with E-state index in [1.807, 2.05) is 36.4 Å². The van der Waals surface area contributed by atoms with Crippen molar-refractivity contribution in [1.82, 2.24) is 24.9 Å². The summed E-state index contributed by atoms with van der Waals surface area (Å²) in [7, 11) is 0. The number of benzene rings is 4. The molecule has 0 radical (unpaired) electrons. The molecule has 5 heterocycles. The van der Waals surface area contributed by atoms with E-state index in [2.05, 4.69) is 130 Å². The van der Waals surface area contributed by atoms with Crippen molar-refractivity contribution in [2.24, 2.45) is 0 Å². The fourth-order valence-electron chi connectivity index (χ4n) is 6.76. The van der Waals surface area contributed by atoms with E-state index in [1.165, 1.54) is 27.7 Å². The molecule has 6 nitrogen and oxygen atoms in total. The number of allylic oxidation sites excluding steroid dienone is 2. The van der Waals surface area contributed by atoms with Gasteiger partial charge in [-0.3, -0.25) is 9.97 Å². The van der Waals surface area contributed by atoms with Crippen LogP contribution in [0.5, 0.6) is 0 Å². The van der Waals surface area contributed by atoms with Gasteiger partial charge in [0.15, 0.2) is 17.5 Å². The van der Waals surface area contributed by atoms with Crippen molar-refractivity contribution >= 4 is 23.5 Å². The largest absolute Gasteiger partial charge is 0.383 e. The van der Waals surface area contributed by atoms with Crippen molar-refractivity contribution in [3.05, 3.63) is 170 Å². The van der Waals surface area contributed by atoms with Crippen molar-refractivity contribution in [3.8, 4) is 56.7 Å². The number of nitrogens with zero attached hydrogens (tertiary/aromatic N) is 6. The lowest BCUT2D eigenvalue weighted by Gasteiger charge is -2.39. The zero-order chi connectivity index (χ0) is 31.9.